The van der Waals surface area contributed by atoms with Crippen LogP contribution in [0.5, 0.6) is 5.75 Å². The number of morpholine rings is 1. The summed E-state index contributed by atoms with van der Waals surface area (Å²) in [7, 11) is 1.73. The van der Waals surface area contributed by atoms with Crippen LogP contribution in [-0.4, -0.2) is 83.3 Å². The molecule has 0 atom stereocenters. The highest BCUT2D eigenvalue weighted by atomic mass is 32.2. The van der Waals surface area contributed by atoms with E-state index in [0.717, 1.165) is 6.54 Å². The molecule has 0 bridgehead atoms. The van der Waals surface area contributed by atoms with Crippen LogP contribution in [0.4, 0.5) is 5.69 Å². The number of nitrogens with one attached hydrogen (secondary N) is 2. The van der Waals surface area contributed by atoms with Crippen molar-refractivity contribution in [1.82, 2.24) is 14.5 Å². The molecule has 0 radical (unpaired) electrons. The summed E-state index contributed by atoms with van der Waals surface area (Å²) in [6.45, 7) is 2.95. The molecule has 0 unspecified atom stereocenters. The fourth-order valence-corrected chi connectivity index (χ4v) is 4.26. The predicted molar refractivity (Wildman–Crippen MR) is 105 cm³/mol. The summed E-state index contributed by atoms with van der Waals surface area (Å²) in [5.41, 5.74) is 0.583. The number of thiocarbonyl (C=S) groups is 1. The van der Waals surface area contributed by atoms with Gasteiger partial charge in [-0.05, 0) is 44.5 Å². The Kier molecular flexibility index (Phi) is 7.59. The fraction of sp³-hybridized carbons (Fsp3) is 0.562. The maximum atomic E-state index is 13.0. The molecule has 0 aromatic heterocycles. The Morgan fingerprint density at radius 1 is 1.35 bits per heavy atom. The lowest BCUT2D eigenvalue weighted by atomic mass is 10.3. The fourth-order valence-electron chi connectivity index (χ4n) is 2.45. The van der Waals surface area contributed by atoms with E-state index < -0.39 is 10.0 Å². The quantitative estimate of drug-likeness (QED) is 0.641. The van der Waals surface area contributed by atoms with Gasteiger partial charge in [-0.2, -0.15) is 4.31 Å². The van der Waals surface area contributed by atoms with E-state index in [-0.39, 0.29) is 4.90 Å². The highest BCUT2D eigenvalue weighted by Gasteiger charge is 2.29. The molecule has 10 heteroatoms. The molecular formula is C16H26N4O4S2. The highest BCUT2D eigenvalue weighted by Crippen LogP contribution is 2.30. The Morgan fingerprint density at radius 2 is 2.04 bits per heavy atom. The first-order valence-corrected chi connectivity index (χ1v) is 10.1. The summed E-state index contributed by atoms with van der Waals surface area (Å²) in [5.74, 6) is 0.300. The van der Waals surface area contributed by atoms with E-state index in [4.69, 9.17) is 21.7 Å². The van der Waals surface area contributed by atoms with Crippen molar-refractivity contribution in [2.75, 3.05) is 65.9 Å². The van der Waals surface area contributed by atoms with Gasteiger partial charge in [0.2, 0.25) is 10.0 Å². The second kappa shape index (κ2) is 9.47. The second-order valence-corrected chi connectivity index (χ2v) is 8.38. The van der Waals surface area contributed by atoms with E-state index in [0.29, 0.717) is 49.4 Å². The van der Waals surface area contributed by atoms with Gasteiger partial charge in [-0.15, -0.1) is 0 Å². The van der Waals surface area contributed by atoms with Crippen LogP contribution in [0.1, 0.15) is 0 Å². The zero-order valence-corrected chi connectivity index (χ0v) is 17.0. The van der Waals surface area contributed by atoms with Crippen molar-refractivity contribution in [2.45, 2.75) is 4.90 Å². The molecule has 1 fully saturated rings. The summed E-state index contributed by atoms with van der Waals surface area (Å²) < 4.78 is 37.8. The number of methoxy groups -OCH3 is 1. The normalized spacial score (nSPS) is 15.7. The molecule has 0 amide bonds. The molecule has 1 aliphatic rings. The molecule has 1 saturated heterocycles. The van der Waals surface area contributed by atoms with Crippen LogP contribution in [0.25, 0.3) is 0 Å². The molecule has 146 valence electrons. The second-order valence-electron chi connectivity index (χ2n) is 6.07. The van der Waals surface area contributed by atoms with Crippen LogP contribution < -0.4 is 15.4 Å². The van der Waals surface area contributed by atoms with Crippen molar-refractivity contribution in [3.05, 3.63) is 18.2 Å². The molecule has 2 rings (SSSR count). The summed E-state index contributed by atoms with van der Waals surface area (Å²) in [6.07, 6.45) is 0. The third-order valence-corrected chi connectivity index (χ3v) is 6.02. The SMILES string of the molecule is COc1ccc(NC(=S)NCCN(C)C)cc1S(=O)(=O)N1CCOCC1. The van der Waals surface area contributed by atoms with Gasteiger partial charge in [-0.1, -0.05) is 0 Å². The number of hydrogen-bond acceptors (Lipinski definition) is 6. The lowest BCUT2D eigenvalue weighted by molar-refractivity contribution is 0.0729. The van der Waals surface area contributed by atoms with E-state index in [9.17, 15) is 8.42 Å². The standard InChI is InChI=1S/C16H26N4O4S2/c1-19(2)7-6-17-16(25)18-13-4-5-14(23-3)15(12-13)26(21,22)20-8-10-24-11-9-20/h4-5,12H,6-11H2,1-3H3,(H2,17,18,25). The van der Waals surface area contributed by atoms with Crippen LogP contribution in [-0.2, 0) is 14.8 Å². The smallest absolute Gasteiger partial charge is 0.246 e. The maximum absolute atomic E-state index is 13.0. The van der Waals surface area contributed by atoms with E-state index >= 15 is 0 Å². The highest BCUT2D eigenvalue weighted by molar-refractivity contribution is 7.89. The molecule has 8 nitrogen and oxygen atoms in total. The van der Waals surface area contributed by atoms with Crippen LogP contribution in [0.15, 0.2) is 23.1 Å². The van der Waals surface area contributed by atoms with E-state index in [2.05, 4.69) is 10.6 Å². The Balaban J connectivity index is 2.16. The molecule has 1 heterocycles. The third kappa shape index (κ3) is 5.52. The van der Waals surface area contributed by atoms with Gasteiger partial charge >= 0.3 is 0 Å². The molecule has 1 aliphatic heterocycles. The van der Waals surface area contributed by atoms with Crippen LogP contribution in [0.2, 0.25) is 0 Å². The molecule has 1 aromatic rings. The summed E-state index contributed by atoms with van der Waals surface area (Å²) >= 11 is 5.26. The Hall–Kier alpha value is -1.46. The lowest BCUT2D eigenvalue weighted by Crippen LogP contribution is -2.40. The molecule has 1 aromatic carbocycles. The zero-order chi connectivity index (χ0) is 19.2. The number of benzene rings is 1. The minimum Gasteiger partial charge on any atom is -0.495 e. The van der Waals surface area contributed by atoms with Crippen molar-refractivity contribution in [2.24, 2.45) is 0 Å². The van der Waals surface area contributed by atoms with Crippen LogP contribution in [0, 0.1) is 0 Å². The Bertz CT molecular complexity index is 719. The lowest BCUT2D eigenvalue weighted by Gasteiger charge is -2.27. The van der Waals surface area contributed by atoms with Gasteiger partial charge in [-0.25, -0.2) is 8.42 Å². The molecule has 0 saturated carbocycles. The summed E-state index contributed by atoms with van der Waals surface area (Å²) in [4.78, 5) is 2.15. The van der Waals surface area contributed by atoms with Crippen molar-refractivity contribution < 1.29 is 17.9 Å². The van der Waals surface area contributed by atoms with Crippen LogP contribution >= 0.6 is 12.2 Å². The zero-order valence-electron chi connectivity index (χ0n) is 15.3. The first-order chi connectivity index (χ1) is 12.3. The number of nitrogens with zero attached hydrogens (tertiary/aromatic N) is 2. The molecular weight excluding hydrogens is 376 g/mol. The Labute approximate surface area is 160 Å². The van der Waals surface area contributed by atoms with Gasteiger partial charge in [0.05, 0.1) is 20.3 Å². The van der Waals surface area contributed by atoms with E-state index in [1.54, 1.807) is 18.2 Å². The van der Waals surface area contributed by atoms with Gasteiger partial charge in [0, 0.05) is 31.9 Å². The monoisotopic (exact) mass is 402 g/mol. The van der Waals surface area contributed by atoms with E-state index in [1.807, 2.05) is 19.0 Å². The van der Waals surface area contributed by atoms with E-state index in [1.165, 1.54) is 11.4 Å². The molecule has 26 heavy (non-hydrogen) atoms. The largest absolute Gasteiger partial charge is 0.495 e. The maximum Gasteiger partial charge on any atom is 0.246 e. The first-order valence-electron chi connectivity index (χ1n) is 8.30. The van der Waals surface area contributed by atoms with Crippen molar-refractivity contribution in [1.29, 1.82) is 0 Å². The predicted octanol–water partition coefficient (Wildman–Crippen LogP) is 0.564. The number of rotatable bonds is 7. The van der Waals surface area contributed by atoms with Gasteiger partial charge in [0.1, 0.15) is 10.6 Å². The molecule has 0 spiro atoms. The van der Waals surface area contributed by atoms with Gasteiger partial charge in [-0.3, -0.25) is 0 Å². The number of ether oxygens (including phenoxy) is 2. The molecule has 2 N–H and O–H groups in total. The van der Waals surface area contributed by atoms with Crippen molar-refractivity contribution in [3.8, 4) is 5.75 Å². The van der Waals surface area contributed by atoms with Crippen molar-refractivity contribution in [3.63, 3.8) is 0 Å². The van der Waals surface area contributed by atoms with Gasteiger partial charge < -0.3 is 25.0 Å². The van der Waals surface area contributed by atoms with Crippen LogP contribution in [0.3, 0.4) is 0 Å². The van der Waals surface area contributed by atoms with Crippen molar-refractivity contribution >= 4 is 33.0 Å². The topological polar surface area (TPSA) is 83.1 Å². The van der Waals surface area contributed by atoms with Gasteiger partial charge in [0.15, 0.2) is 5.11 Å². The summed E-state index contributed by atoms with van der Waals surface area (Å²) in [5, 5.41) is 6.54. The third-order valence-electron chi connectivity index (χ3n) is 3.85. The van der Waals surface area contributed by atoms with Gasteiger partial charge in [0.25, 0.3) is 0 Å². The summed E-state index contributed by atoms with van der Waals surface area (Å²) in [6, 6.07) is 4.90. The number of likely N-dealkylation sites (N-methyl/N-ethyl adjacent to an activating group) is 1. The minimum atomic E-state index is -3.67. The Morgan fingerprint density at radius 3 is 2.65 bits per heavy atom. The number of anilines is 1. The molecule has 0 aliphatic carbocycles. The minimum absolute atomic E-state index is 0.114. The number of hydrogen-bond donors (Lipinski definition) is 2. The number of sulfonamides is 1. The average molecular weight is 403 g/mol. The first kappa shape index (κ1) is 20.8. The average Bonchev–Trinajstić information content (AvgIpc) is 2.62.